The Balaban J connectivity index is 0. The number of primary amides is 1. The van der Waals surface area contributed by atoms with E-state index in [2.05, 4.69) is 17.6 Å². The summed E-state index contributed by atoms with van der Waals surface area (Å²) in [6.45, 7) is 6.98. The quantitative estimate of drug-likeness (QED) is 0.0565. The highest BCUT2D eigenvalue weighted by Crippen LogP contribution is 2.22. The number of carbonyl (C=O) groups is 5. The molecule has 0 spiro atoms. The summed E-state index contributed by atoms with van der Waals surface area (Å²) < 4.78 is 5.42. The average molecular weight is 705 g/mol. The Kier molecular flexibility index (Phi) is 26.9. The number of halogens is 2. The maximum atomic E-state index is 13.7. The Morgan fingerprint density at radius 3 is 2.13 bits per heavy atom. The van der Waals surface area contributed by atoms with Crippen LogP contribution in [0.1, 0.15) is 110 Å². The van der Waals surface area contributed by atoms with E-state index in [9.17, 15) is 24.0 Å². The second-order valence-corrected chi connectivity index (χ2v) is 12.0. The monoisotopic (exact) mass is 703 g/mol. The Bertz CT molecular complexity index is 1060. The number of hydrogen-bond donors (Lipinski definition) is 5. The molecule has 0 heterocycles. The maximum Gasteiger partial charge on any atom is 0.328 e. The molecule has 3 amide bonds. The number of hydrogen-bond acceptors (Lipinski definition) is 8. The van der Waals surface area contributed by atoms with Crippen molar-refractivity contribution in [1.29, 1.82) is 0 Å². The molecule has 1 rings (SSSR count). The minimum absolute atomic E-state index is 0. The molecule has 11 nitrogen and oxygen atoms in total. The lowest BCUT2D eigenvalue weighted by Gasteiger charge is -2.25. The van der Waals surface area contributed by atoms with Crippen LogP contribution in [0, 0.1) is 11.8 Å². The van der Waals surface area contributed by atoms with Gasteiger partial charge in [-0.2, -0.15) is 0 Å². The zero-order chi connectivity index (χ0) is 33.6. The first kappa shape index (κ1) is 46.4. The van der Waals surface area contributed by atoms with Crippen molar-refractivity contribution >= 4 is 54.3 Å². The zero-order valence-corrected chi connectivity index (χ0v) is 30.1. The third-order valence-electron chi connectivity index (χ3n) is 8.07. The number of Topliss-reactive ketones (excluding diaryl/α,β-unsaturated/α-hetero) is 1. The van der Waals surface area contributed by atoms with Crippen molar-refractivity contribution in [2.45, 2.75) is 123 Å². The second-order valence-electron chi connectivity index (χ2n) is 12.0. The third-order valence-corrected chi connectivity index (χ3v) is 8.07. The molecule has 13 heteroatoms. The van der Waals surface area contributed by atoms with E-state index in [1.165, 1.54) is 0 Å². The molecular weight excluding hydrogens is 645 g/mol. The molecule has 0 saturated carbocycles. The van der Waals surface area contributed by atoms with Crippen molar-refractivity contribution in [3.63, 3.8) is 0 Å². The molecule has 0 unspecified atom stereocenters. The van der Waals surface area contributed by atoms with Crippen LogP contribution in [-0.2, 0) is 30.4 Å². The molecule has 0 fully saturated rings. The lowest BCUT2D eigenvalue weighted by atomic mass is 9.84. The minimum atomic E-state index is -0.809. The molecule has 0 aromatic heterocycles. The summed E-state index contributed by atoms with van der Waals surface area (Å²) in [5, 5.41) is 5.87. The van der Waals surface area contributed by atoms with Crippen LogP contribution in [0.3, 0.4) is 0 Å². The molecule has 270 valence electrons. The van der Waals surface area contributed by atoms with Gasteiger partial charge in [-0.05, 0) is 68.7 Å². The van der Waals surface area contributed by atoms with E-state index >= 15 is 0 Å². The molecule has 0 aliphatic carbocycles. The largest absolute Gasteiger partial charge is 0.425 e. The number of amides is 3. The van der Waals surface area contributed by atoms with Crippen LogP contribution in [0.15, 0.2) is 24.3 Å². The maximum absolute atomic E-state index is 13.7. The van der Waals surface area contributed by atoms with Crippen molar-refractivity contribution in [2.24, 2.45) is 29.0 Å². The first-order chi connectivity index (χ1) is 21.5. The molecule has 0 aliphatic heterocycles. The lowest BCUT2D eigenvalue weighted by molar-refractivity contribution is -0.136. The summed E-state index contributed by atoms with van der Waals surface area (Å²) in [6, 6.07) is 5.24. The molecular formula is C34H59Cl2N5O6. The number of benzene rings is 1. The first-order valence-corrected chi connectivity index (χ1v) is 16.7. The van der Waals surface area contributed by atoms with Crippen LogP contribution in [-0.4, -0.2) is 54.6 Å². The van der Waals surface area contributed by atoms with Gasteiger partial charge in [0.2, 0.25) is 17.7 Å². The number of nitrogens with one attached hydrogen (secondary N) is 2. The van der Waals surface area contributed by atoms with Crippen LogP contribution in [0.2, 0.25) is 0 Å². The fourth-order valence-corrected chi connectivity index (χ4v) is 4.93. The van der Waals surface area contributed by atoms with Crippen molar-refractivity contribution in [2.75, 3.05) is 13.1 Å². The Morgan fingerprint density at radius 1 is 0.872 bits per heavy atom. The van der Waals surface area contributed by atoms with Crippen molar-refractivity contribution in [1.82, 2.24) is 10.6 Å². The Labute approximate surface area is 293 Å². The predicted octanol–water partition coefficient (Wildman–Crippen LogP) is 4.28. The highest BCUT2D eigenvalue weighted by Gasteiger charge is 2.30. The normalized spacial score (nSPS) is 13.1. The van der Waals surface area contributed by atoms with Crippen LogP contribution >= 0.6 is 24.8 Å². The van der Waals surface area contributed by atoms with Gasteiger partial charge in [0.1, 0.15) is 11.8 Å². The summed E-state index contributed by atoms with van der Waals surface area (Å²) >= 11 is 0. The average Bonchev–Trinajstić information content (AvgIpc) is 3.01. The molecule has 4 atom stereocenters. The highest BCUT2D eigenvalue weighted by atomic mass is 35.5. The van der Waals surface area contributed by atoms with Crippen LogP contribution in [0.25, 0.3) is 0 Å². The number of esters is 1. The molecule has 8 N–H and O–H groups in total. The highest BCUT2D eigenvalue weighted by molar-refractivity contribution is 5.92. The fraction of sp³-hybridized carbons (Fsp3) is 0.676. The first-order valence-electron chi connectivity index (χ1n) is 16.7. The van der Waals surface area contributed by atoms with E-state index in [1.54, 1.807) is 24.3 Å². The van der Waals surface area contributed by atoms with E-state index in [0.717, 1.165) is 50.5 Å². The van der Waals surface area contributed by atoms with Crippen molar-refractivity contribution < 1.29 is 28.7 Å². The smallest absolute Gasteiger partial charge is 0.328 e. The number of nitrogens with two attached hydrogens (primary N) is 3. The molecule has 1 aromatic carbocycles. The minimum Gasteiger partial charge on any atom is -0.425 e. The van der Waals surface area contributed by atoms with Gasteiger partial charge in [0.25, 0.3) is 0 Å². The summed E-state index contributed by atoms with van der Waals surface area (Å²) in [5.41, 5.74) is 17.4. The summed E-state index contributed by atoms with van der Waals surface area (Å²) in [6.07, 6.45) is 8.38. The molecule has 0 radical (unpaired) electrons. The summed E-state index contributed by atoms with van der Waals surface area (Å²) in [4.78, 5) is 62.9. The van der Waals surface area contributed by atoms with Crippen molar-refractivity contribution in [3.8, 4) is 5.75 Å². The SMILES string of the molecule is CCCCCC(=O)N[C@@H](Cc1ccc(OC(=O)[C@@H](N)CCCCN)cc1)C(=O)C[C@H](C(=O)NCCCCCC(N)=O)[C@@H](C)CC.Cl.Cl. The molecule has 0 aliphatic rings. The third kappa shape index (κ3) is 20.3. The number of unbranched alkanes of at least 4 members (excludes halogenated alkanes) is 5. The van der Waals surface area contributed by atoms with Gasteiger partial charge in [-0.3, -0.25) is 19.2 Å². The van der Waals surface area contributed by atoms with Gasteiger partial charge in [0.15, 0.2) is 5.78 Å². The van der Waals surface area contributed by atoms with Gasteiger partial charge < -0.3 is 32.6 Å². The lowest BCUT2D eigenvalue weighted by Crippen LogP contribution is -2.45. The van der Waals surface area contributed by atoms with E-state index < -0.39 is 24.0 Å². The van der Waals surface area contributed by atoms with Crippen LogP contribution in [0.4, 0.5) is 0 Å². The Hall–Kier alpha value is -2.73. The molecule has 47 heavy (non-hydrogen) atoms. The van der Waals surface area contributed by atoms with Gasteiger partial charge in [-0.1, -0.05) is 65.0 Å². The summed E-state index contributed by atoms with van der Waals surface area (Å²) in [5.74, 6) is -1.69. The van der Waals surface area contributed by atoms with Crippen molar-refractivity contribution in [3.05, 3.63) is 29.8 Å². The topological polar surface area (TPSA) is 197 Å². The van der Waals surface area contributed by atoms with Gasteiger partial charge in [0.05, 0.1) is 6.04 Å². The van der Waals surface area contributed by atoms with Gasteiger partial charge in [-0.15, -0.1) is 24.8 Å². The van der Waals surface area contributed by atoms with Gasteiger partial charge >= 0.3 is 5.97 Å². The van der Waals surface area contributed by atoms with Gasteiger partial charge in [-0.25, -0.2) is 4.79 Å². The molecule has 0 saturated heterocycles. The fourth-order valence-electron chi connectivity index (χ4n) is 4.93. The standard InChI is InChI=1S/C34H57N5O6.2ClH/c1-4-6-8-15-32(42)39-29(22-25-16-18-26(19-17-25)45-34(44)28(36)13-10-11-20-35)30(40)23-27(24(3)5-2)33(43)38-21-12-7-9-14-31(37)41;;/h16-19,24,27-29H,4-15,20-23,35-36H2,1-3H3,(H2,37,41)(H,38,43)(H,39,42);2*1H/t24-,27-,28-,29-;;/m0../s1. The number of ether oxygens (including phenoxy) is 1. The van der Waals surface area contributed by atoms with Gasteiger partial charge in [0, 0.05) is 31.7 Å². The number of ketones is 1. The number of carbonyl (C=O) groups excluding carboxylic acids is 5. The van der Waals surface area contributed by atoms with Crippen LogP contribution < -0.4 is 32.6 Å². The zero-order valence-electron chi connectivity index (χ0n) is 28.4. The van der Waals surface area contributed by atoms with E-state index in [1.807, 2.05) is 13.8 Å². The van der Waals surface area contributed by atoms with Crippen LogP contribution in [0.5, 0.6) is 5.75 Å². The summed E-state index contributed by atoms with van der Waals surface area (Å²) in [7, 11) is 0. The predicted molar refractivity (Wildman–Crippen MR) is 190 cm³/mol. The molecule has 1 aromatic rings. The molecule has 0 bridgehead atoms. The van der Waals surface area contributed by atoms with E-state index in [4.69, 9.17) is 21.9 Å². The number of rotatable bonds is 25. The Morgan fingerprint density at radius 2 is 1.53 bits per heavy atom. The second kappa shape index (κ2) is 27.2. The van der Waals surface area contributed by atoms with E-state index in [-0.39, 0.29) is 67.1 Å². The van der Waals surface area contributed by atoms with E-state index in [0.29, 0.717) is 50.9 Å².